The minimum atomic E-state index is -1.72. The maximum absolute atomic E-state index is 10.0. The Hall–Kier alpha value is -0.440. The fraction of sp³-hybridized carbons (Fsp3) is 1.00. The maximum Gasteiger partial charge on any atom is 0.187 e. The summed E-state index contributed by atoms with van der Waals surface area (Å²) in [5.41, 5.74) is 0. The van der Waals surface area contributed by atoms with E-state index in [-0.39, 0.29) is 6.61 Å². The largest absolute Gasteiger partial charge is 0.394 e. The molecule has 7 N–H and O–H groups in total. The summed E-state index contributed by atoms with van der Waals surface area (Å²) in [6.45, 7) is -0.750. The van der Waals surface area contributed by atoms with Gasteiger partial charge in [-0.1, -0.05) is 0 Å². The SMILES string of the molecule is COC[C@H]1O[C@@H](O[C@H]2[C@H](O)[C@@H](O)[C@H](O)O[C@@H]2CO)[C@H](O)[C@@H](O)[C@H]1O. The van der Waals surface area contributed by atoms with Gasteiger partial charge < -0.3 is 54.7 Å². The van der Waals surface area contributed by atoms with Crippen LogP contribution in [-0.4, -0.2) is 117 Å². The van der Waals surface area contributed by atoms with Crippen molar-refractivity contribution >= 4 is 0 Å². The van der Waals surface area contributed by atoms with Crippen molar-refractivity contribution in [2.45, 2.75) is 61.4 Å². The minimum Gasteiger partial charge on any atom is -0.394 e. The van der Waals surface area contributed by atoms with Crippen molar-refractivity contribution in [3.63, 3.8) is 0 Å². The van der Waals surface area contributed by atoms with Gasteiger partial charge in [-0.25, -0.2) is 0 Å². The molecule has 0 aliphatic carbocycles. The highest BCUT2D eigenvalue weighted by atomic mass is 16.7. The molecule has 0 aromatic carbocycles. The first-order valence-corrected chi connectivity index (χ1v) is 7.46. The topological polar surface area (TPSA) is 179 Å². The Bertz CT molecular complexity index is 394. The minimum absolute atomic E-state index is 0.0979. The lowest BCUT2D eigenvalue weighted by Crippen LogP contribution is -2.64. The number of aliphatic hydroxyl groups is 7. The highest BCUT2D eigenvalue weighted by Gasteiger charge is 2.50. The summed E-state index contributed by atoms with van der Waals surface area (Å²) in [4.78, 5) is 0. The van der Waals surface area contributed by atoms with Gasteiger partial charge in [0.25, 0.3) is 0 Å². The smallest absolute Gasteiger partial charge is 0.187 e. The maximum atomic E-state index is 10.0. The first-order valence-electron chi connectivity index (χ1n) is 7.46. The Balaban J connectivity index is 2.11. The molecule has 0 spiro atoms. The average Bonchev–Trinajstić information content (AvgIpc) is 2.57. The third-order valence-electron chi connectivity index (χ3n) is 4.13. The molecule has 142 valence electrons. The van der Waals surface area contributed by atoms with Crippen LogP contribution in [0.15, 0.2) is 0 Å². The molecular weight excluding hydrogens is 332 g/mol. The van der Waals surface area contributed by atoms with Crippen molar-refractivity contribution in [3.8, 4) is 0 Å². The van der Waals surface area contributed by atoms with Crippen LogP contribution < -0.4 is 0 Å². The zero-order valence-electron chi connectivity index (χ0n) is 13.0. The van der Waals surface area contributed by atoms with Gasteiger partial charge in [-0.05, 0) is 0 Å². The Kier molecular flexibility index (Phi) is 6.87. The van der Waals surface area contributed by atoms with E-state index >= 15 is 0 Å². The Morgan fingerprint density at radius 1 is 0.792 bits per heavy atom. The van der Waals surface area contributed by atoms with E-state index < -0.39 is 68.0 Å². The molecule has 2 rings (SSSR count). The summed E-state index contributed by atoms with van der Waals surface area (Å²) >= 11 is 0. The number of ether oxygens (including phenoxy) is 4. The molecule has 10 atom stereocenters. The van der Waals surface area contributed by atoms with Gasteiger partial charge in [-0.15, -0.1) is 0 Å². The highest BCUT2D eigenvalue weighted by Crippen LogP contribution is 2.28. The van der Waals surface area contributed by atoms with Crippen molar-refractivity contribution < 1.29 is 54.7 Å². The van der Waals surface area contributed by atoms with Crippen molar-refractivity contribution in [3.05, 3.63) is 0 Å². The molecule has 2 aliphatic rings. The summed E-state index contributed by atoms with van der Waals surface area (Å²) in [7, 11) is 1.35. The number of rotatable bonds is 5. The van der Waals surface area contributed by atoms with Gasteiger partial charge in [0.05, 0.1) is 13.2 Å². The normalized spacial score (nSPS) is 50.0. The van der Waals surface area contributed by atoms with Gasteiger partial charge in [-0.2, -0.15) is 0 Å². The number of aliphatic hydroxyl groups excluding tert-OH is 7. The fourth-order valence-corrected chi connectivity index (χ4v) is 2.72. The van der Waals surface area contributed by atoms with Gasteiger partial charge in [0.15, 0.2) is 12.6 Å². The predicted molar refractivity (Wildman–Crippen MR) is 73.4 cm³/mol. The molecule has 2 saturated heterocycles. The Morgan fingerprint density at radius 3 is 2.04 bits per heavy atom. The first kappa shape index (κ1) is 19.9. The molecule has 2 fully saturated rings. The fourth-order valence-electron chi connectivity index (χ4n) is 2.72. The summed E-state index contributed by atoms with van der Waals surface area (Å²) in [6.07, 6.45) is -14.8. The zero-order valence-corrected chi connectivity index (χ0v) is 13.0. The Morgan fingerprint density at radius 2 is 1.46 bits per heavy atom. The molecule has 0 radical (unpaired) electrons. The summed E-state index contributed by atoms with van der Waals surface area (Å²) in [6, 6.07) is 0. The summed E-state index contributed by atoms with van der Waals surface area (Å²) in [5, 5.41) is 68.1. The van der Waals surface area contributed by atoms with Gasteiger partial charge in [0, 0.05) is 7.11 Å². The van der Waals surface area contributed by atoms with Crippen LogP contribution in [0, 0.1) is 0 Å². The van der Waals surface area contributed by atoms with Crippen molar-refractivity contribution in [2.75, 3.05) is 20.3 Å². The third kappa shape index (κ3) is 3.86. The van der Waals surface area contributed by atoms with Crippen molar-refractivity contribution in [1.29, 1.82) is 0 Å². The molecule has 2 heterocycles. The monoisotopic (exact) mass is 356 g/mol. The lowest BCUT2D eigenvalue weighted by molar-refractivity contribution is -0.355. The second kappa shape index (κ2) is 8.29. The van der Waals surface area contributed by atoms with E-state index in [0.29, 0.717) is 0 Å². The van der Waals surface area contributed by atoms with E-state index in [2.05, 4.69) is 0 Å². The lowest BCUT2D eigenvalue weighted by atomic mass is 9.97. The predicted octanol–water partition coefficient (Wildman–Crippen LogP) is -4.74. The number of hydrogen-bond acceptors (Lipinski definition) is 11. The molecule has 0 saturated carbocycles. The molecule has 0 bridgehead atoms. The van der Waals surface area contributed by atoms with E-state index in [0.717, 1.165) is 0 Å². The standard InChI is InChI=1S/C13H24O11/c1-21-3-5-6(15)7(16)10(19)13(23-5)24-11-4(2-14)22-12(20)9(18)8(11)17/h4-20H,2-3H2,1H3/t4-,5-,6+,7+,8-,9-,10-,11-,12-,13+/m1/s1. The van der Waals surface area contributed by atoms with E-state index in [1.54, 1.807) is 0 Å². The molecule has 24 heavy (non-hydrogen) atoms. The highest BCUT2D eigenvalue weighted by molar-refractivity contribution is 4.93. The zero-order chi connectivity index (χ0) is 18.0. The molecule has 11 nitrogen and oxygen atoms in total. The van der Waals surface area contributed by atoms with E-state index in [1.165, 1.54) is 7.11 Å². The van der Waals surface area contributed by atoms with Crippen LogP contribution >= 0.6 is 0 Å². The second-order valence-corrected chi connectivity index (χ2v) is 5.80. The molecule has 0 aromatic rings. The number of hydrogen-bond donors (Lipinski definition) is 7. The summed E-state index contributed by atoms with van der Waals surface area (Å²) in [5.74, 6) is 0. The van der Waals surface area contributed by atoms with Crippen LogP contribution in [-0.2, 0) is 18.9 Å². The second-order valence-electron chi connectivity index (χ2n) is 5.80. The van der Waals surface area contributed by atoms with Gasteiger partial charge in [0.1, 0.15) is 48.8 Å². The van der Waals surface area contributed by atoms with Gasteiger partial charge >= 0.3 is 0 Å². The van der Waals surface area contributed by atoms with Crippen LogP contribution in [0.2, 0.25) is 0 Å². The molecule has 11 heteroatoms. The van der Waals surface area contributed by atoms with Crippen molar-refractivity contribution in [2.24, 2.45) is 0 Å². The van der Waals surface area contributed by atoms with Crippen LogP contribution in [0.25, 0.3) is 0 Å². The van der Waals surface area contributed by atoms with Crippen LogP contribution in [0.3, 0.4) is 0 Å². The summed E-state index contributed by atoms with van der Waals surface area (Å²) < 4.78 is 20.5. The first-order chi connectivity index (χ1) is 11.3. The third-order valence-corrected chi connectivity index (χ3v) is 4.13. The van der Waals surface area contributed by atoms with Crippen LogP contribution in [0.4, 0.5) is 0 Å². The van der Waals surface area contributed by atoms with E-state index in [1.807, 2.05) is 0 Å². The molecule has 2 aliphatic heterocycles. The van der Waals surface area contributed by atoms with Gasteiger partial charge in [-0.3, -0.25) is 0 Å². The average molecular weight is 356 g/mol. The Labute approximate surface area is 137 Å². The van der Waals surface area contributed by atoms with Crippen LogP contribution in [0.1, 0.15) is 0 Å². The van der Waals surface area contributed by atoms with E-state index in [9.17, 15) is 35.7 Å². The van der Waals surface area contributed by atoms with Crippen molar-refractivity contribution in [1.82, 2.24) is 0 Å². The van der Waals surface area contributed by atoms with Crippen LogP contribution in [0.5, 0.6) is 0 Å². The molecule has 0 amide bonds. The molecule has 0 aromatic heterocycles. The van der Waals surface area contributed by atoms with Gasteiger partial charge in [0.2, 0.25) is 0 Å². The van der Waals surface area contributed by atoms with E-state index in [4.69, 9.17) is 18.9 Å². The lowest BCUT2D eigenvalue weighted by Gasteiger charge is -2.45. The molecular formula is C13H24O11. The quantitative estimate of drug-likeness (QED) is 0.251. The number of methoxy groups -OCH3 is 1. The molecule has 0 unspecified atom stereocenters.